The molecule has 4 heteroatoms. The molecule has 0 spiro atoms. The van der Waals surface area contributed by atoms with Crippen LogP contribution in [0.15, 0.2) is 18.2 Å². The quantitative estimate of drug-likeness (QED) is 0.704. The highest BCUT2D eigenvalue weighted by molar-refractivity contribution is 6.31. The second-order valence-corrected chi connectivity index (χ2v) is 5.40. The standard InChI is InChI=1S/C16H27ClN2O/c1-5-13(3)19(6-2)15-8-7-14(16(17)11-15)12-18-9-10-20-4/h7-8,11,13,18H,5-6,9-10,12H2,1-4H3. The minimum absolute atomic E-state index is 0.529. The van der Waals surface area contributed by atoms with Gasteiger partial charge in [0.25, 0.3) is 0 Å². The number of halogens is 1. The van der Waals surface area contributed by atoms with Crippen molar-refractivity contribution in [3.63, 3.8) is 0 Å². The smallest absolute Gasteiger partial charge is 0.0587 e. The van der Waals surface area contributed by atoms with Crippen LogP contribution in [0.2, 0.25) is 5.02 Å². The van der Waals surface area contributed by atoms with E-state index in [1.165, 1.54) is 5.69 Å². The van der Waals surface area contributed by atoms with Crippen molar-refractivity contribution < 1.29 is 4.74 Å². The van der Waals surface area contributed by atoms with E-state index in [2.05, 4.69) is 49.2 Å². The van der Waals surface area contributed by atoms with Gasteiger partial charge in [-0.15, -0.1) is 0 Å². The molecule has 1 atom stereocenters. The third kappa shape index (κ3) is 4.97. The lowest BCUT2D eigenvalue weighted by molar-refractivity contribution is 0.199. The minimum Gasteiger partial charge on any atom is -0.383 e. The van der Waals surface area contributed by atoms with Gasteiger partial charge in [0, 0.05) is 43.5 Å². The van der Waals surface area contributed by atoms with Crippen molar-refractivity contribution in [2.75, 3.05) is 31.7 Å². The Kier molecular flexibility index (Phi) is 7.97. The number of hydrogen-bond acceptors (Lipinski definition) is 3. The molecule has 0 saturated carbocycles. The summed E-state index contributed by atoms with van der Waals surface area (Å²) in [5, 5.41) is 4.14. The van der Waals surface area contributed by atoms with Crippen molar-refractivity contribution in [2.24, 2.45) is 0 Å². The van der Waals surface area contributed by atoms with Gasteiger partial charge in [-0.3, -0.25) is 0 Å². The first-order chi connectivity index (χ1) is 9.63. The fourth-order valence-electron chi connectivity index (χ4n) is 2.22. The molecule has 0 aromatic heterocycles. The highest BCUT2D eigenvalue weighted by Gasteiger charge is 2.12. The molecule has 0 fully saturated rings. The highest BCUT2D eigenvalue weighted by Crippen LogP contribution is 2.25. The Hall–Kier alpha value is -0.770. The Balaban J connectivity index is 2.71. The first kappa shape index (κ1) is 17.3. The van der Waals surface area contributed by atoms with Crippen LogP contribution >= 0.6 is 11.6 Å². The van der Waals surface area contributed by atoms with Crippen molar-refractivity contribution in [3.05, 3.63) is 28.8 Å². The van der Waals surface area contributed by atoms with E-state index in [9.17, 15) is 0 Å². The molecule has 0 aliphatic carbocycles. The second kappa shape index (κ2) is 9.22. The van der Waals surface area contributed by atoms with Crippen LogP contribution in [0.4, 0.5) is 5.69 Å². The van der Waals surface area contributed by atoms with Gasteiger partial charge >= 0.3 is 0 Å². The highest BCUT2D eigenvalue weighted by atomic mass is 35.5. The van der Waals surface area contributed by atoms with Crippen LogP contribution in [0.25, 0.3) is 0 Å². The first-order valence-electron chi connectivity index (χ1n) is 7.38. The van der Waals surface area contributed by atoms with E-state index in [4.69, 9.17) is 16.3 Å². The van der Waals surface area contributed by atoms with Crippen LogP contribution in [-0.4, -0.2) is 32.8 Å². The molecule has 0 radical (unpaired) electrons. The monoisotopic (exact) mass is 298 g/mol. The van der Waals surface area contributed by atoms with E-state index in [-0.39, 0.29) is 0 Å². The van der Waals surface area contributed by atoms with E-state index in [0.717, 1.165) is 36.6 Å². The molecule has 0 aliphatic rings. The fourth-order valence-corrected chi connectivity index (χ4v) is 2.47. The van der Waals surface area contributed by atoms with Gasteiger partial charge in [0.2, 0.25) is 0 Å². The maximum absolute atomic E-state index is 6.39. The zero-order valence-electron chi connectivity index (χ0n) is 13.1. The average molecular weight is 299 g/mol. The molecule has 1 N–H and O–H groups in total. The normalized spacial score (nSPS) is 12.4. The molecule has 0 bridgehead atoms. The number of nitrogens with one attached hydrogen (secondary N) is 1. The lowest BCUT2D eigenvalue weighted by Crippen LogP contribution is -2.32. The molecule has 1 rings (SSSR count). The van der Waals surface area contributed by atoms with Crippen molar-refractivity contribution in [2.45, 2.75) is 39.8 Å². The molecule has 20 heavy (non-hydrogen) atoms. The SMILES string of the molecule is CCC(C)N(CC)c1ccc(CNCCOC)c(Cl)c1. The molecule has 3 nitrogen and oxygen atoms in total. The number of hydrogen-bond donors (Lipinski definition) is 1. The van der Waals surface area contributed by atoms with Gasteiger partial charge < -0.3 is 15.0 Å². The molecule has 0 saturated heterocycles. The minimum atomic E-state index is 0.529. The number of ether oxygens (including phenoxy) is 1. The van der Waals surface area contributed by atoms with Crippen LogP contribution in [0, 0.1) is 0 Å². The summed E-state index contributed by atoms with van der Waals surface area (Å²) in [6.07, 6.45) is 1.13. The van der Waals surface area contributed by atoms with E-state index >= 15 is 0 Å². The van der Waals surface area contributed by atoms with E-state index in [1.54, 1.807) is 7.11 Å². The summed E-state index contributed by atoms with van der Waals surface area (Å²) in [7, 11) is 1.71. The van der Waals surface area contributed by atoms with Gasteiger partial charge in [-0.05, 0) is 38.0 Å². The summed E-state index contributed by atoms with van der Waals surface area (Å²) in [4.78, 5) is 2.38. The molecule has 1 unspecified atom stereocenters. The maximum atomic E-state index is 6.39. The number of benzene rings is 1. The Morgan fingerprint density at radius 1 is 1.35 bits per heavy atom. The lowest BCUT2D eigenvalue weighted by Gasteiger charge is -2.30. The van der Waals surface area contributed by atoms with Gasteiger partial charge in [0.05, 0.1) is 6.61 Å². The van der Waals surface area contributed by atoms with Gasteiger partial charge in [-0.2, -0.15) is 0 Å². The molecular weight excluding hydrogens is 272 g/mol. The topological polar surface area (TPSA) is 24.5 Å². The third-order valence-electron chi connectivity index (χ3n) is 3.63. The molecule has 1 aromatic carbocycles. The van der Waals surface area contributed by atoms with E-state index in [0.29, 0.717) is 12.6 Å². The molecule has 0 amide bonds. The van der Waals surface area contributed by atoms with Crippen molar-refractivity contribution in [3.8, 4) is 0 Å². The first-order valence-corrected chi connectivity index (χ1v) is 7.76. The maximum Gasteiger partial charge on any atom is 0.0587 e. The summed E-state index contributed by atoms with van der Waals surface area (Å²) >= 11 is 6.39. The third-order valence-corrected chi connectivity index (χ3v) is 3.98. The number of rotatable bonds is 9. The van der Waals surface area contributed by atoms with E-state index < -0.39 is 0 Å². The molecule has 0 aliphatic heterocycles. The molecule has 1 aromatic rings. The summed E-state index contributed by atoms with van der Waals surface area (Å²) in [6, 6.07) is 6.88. The Labute approximate surface area is 128 Å². The zero-order valence-corrected chi connectivity index (χ0v) is 13.8. The molecule has 0 heterocycles. The van der Waals surface area contributed by atoms with Crippen molar-refractivity contribution in [1.29, 1.82) is 0 Å². The summed E-state index contributed by atoms with van der Waals surface area (Å²) in [5.41, 5.74) is 2.33. The van der Waals surface area contributed by atoms with Gasteiger partial charge in [0.1, 0.15) is 0 Å². The largest absolute Gasteiger partial charge is 0.383 e. The van der Waals surface area contributed by atoms with Crippen LogP contribution in [0.5, 0.6) is 0 Å². The van der Waals surface area contributed by atoms with Crippen molar-refractivity contribution >= 4 is 17.3 Å². The van der Waals surface area contributed by atoms with Gasteiger partial charge in [-0.25, -0.2) is 0 Å². The molecular formula is C16H27ClN2O. The number of anilines is 1. The Bertz CT molecular complexity index is 398. The Morgan fingerprint density at radius 3 is 2.65 bits per heavy atom. The fraction of sp³-hybridized carbons (Fsp3) is 0.625. The van der Waals surface area contributed by atoms with Crippen molar-refractivity contribution in [1.82, 2.24) is 5.32 Å². The van der Waals surface area contributed by atoms with Gasteiger partial charge in [-0.1, -0.05) is 24.6 Å². The summed E-state index contributed by atoms with van der Waals surface area (Å²) < 4.78 is 5.01. The predicted octanol–water partition coefficient (Wildman–Crippen LogP) is 3.70. The summed E-state index contributed by atoms with van der Waals surface area (Å²) in [5.74, 6) is 0. The Morgan fingerprint density at radius 2 is 2.10 bits per heavy atom. The van der Waals surface area contributed by atoms with Gasteiger partial charge in [0.15, 0.2) is 0 Å². The van der Waals surface area contributed by atoms with Crippen LogP contribution in [-0.2, 0) is 11.3 Å². The lowest BCUT2D eigenvalue weighted by atomic mass is 10.1. The van der Waals surface area contributed by atoms with Crippen LogP contribution in [0.1, 0.15) is 32.8 Å². The number of methoxy groups -OCH3 is 1. The predicted molar refractivity (Wildman–Crippen MR) is 87.8 cm³/mol. The zero-order chi connectivity index (χ0) is 15.0. The summed E-state index contributed by atoms with van der Waals surface area (Å²) in [6.45, 7) is 9.96. The molecule has 114 valence electrons. The van der Waals surface area contributed by atoms with E-state index in [1.807, 2.05) is 0 Å². The average Bonchev–Trinajstić information content (AvgIpc) is 2.46. The van der Waals surface area contributed by atoms with Crippen LogP contribution < -0.4 is 10.2 Å². The number of nitrogens with zero attached hydrogens (tertiary/aromatic N) is 1. The second-order valence-electron chi connectivity index (χ2n) is 4.99. The van der Waals surface area contributed by atoms with Crippen LogP contribution in [0.3, 0.4) is 0 Å².